The molecule has 0 spiro atoms. The molecule has 37 heavy (non-hydrogen) atoms. The zero-order chi connectivity index (χ0) is 24.1. The second-order valence-electron chi connectivity index (χ2n) is 9.61. The summed E-state index contributed by atoms with van der Waals surface area (Å²) in [5, 5.41) is 9.22. The molecule has 3 aromatic heterocycles. The molecule has 6 aromatic carbocycles. The SMILES string of the molecule is c1ccc2cc3c(cc2c1)c1c2ccccc2ccc1n3-c1nc2ccc3oc4ccccc4c3c2o1. The lowest BCUT2D eigenvalue weighted by Crippen LogP contribution is -1.93. The van der Waals surface area contributed by atoms with Crippen LogP contribution >= 0.6 is 0 Å². The van der Waals surface area contributed by atoms with E-state index in [1.165, 1.54) is 32.3 Å². The molecule has 9 aromatic rings. The van der Waals surface area contributed by atoms with Crippen LogP contribution in [-0.2, 0) is 0 Å². The van der Waals surface area contributed by atoms with Crippen molar-refractivity contribution in [3.8, 4) is 6.01 Å². The van der Waals surface area contributed by atoms with Gasteiger partial charge in [0, 0.05) is 16.2 Å². The van der Waals surface area contributed by atoms with Crippen LogP contribution in [-0.4, -0.2) is 9.55 Å². The average molecular weight is 475 g/mol. The zero-order valence-electron chi connectivity index (χ0n) is 19.6. The average Bonchev–Trinajstić information content (AvgIpc) is 3.62. The predicted molar refractivity (Wildman–Crippen MR) is 151 cm³/mol. The largest absolute Gasteiger partial charge is 0.456 e. The summed E-state index contributed by atoms with van der Waals surface area (Å²) in [6.07, 6.45) is 0. The lowest BCUT2D eigenvalue weighted by atomic mass is 10.0. The number of hydrogen-bond acceptors (Lipinski definition) is 3. The molecule has 0 saturated heterocycles. The smallest absolute Gasteiger partial charge is 0.307 e. The fraction of sp³-hybridized carbons (Fsp3) is 0. The number of nitrogens with zero attached hydrogens (tertiary/aromatic N) is 2. The minimum atomic E-state index is 0.554. The van der Waals surface area contributed by atoms with Crippen LogP contribution in [0.15, 0.2) is 118 Å². The molecule has 0 fully saturated rings. The van der Waals surface area contributed by atoms with E-state index in [1.54, 1.807) is 0 Å². The maximum Gasteiger partial charge on any atom is 0.307 e. The van der Waals surface area contributed by atoms with Crippen LogP contribution in [0.3, 0.4) is 0 Å². The number of aromatic nitrogens is 2. The van der Waals surface area contributed by atoms with Crippen LogP contribution in [0.25, 0.3) is 82.4 Å². The van der Waals surface area contributed by atoms with Gasteiger partial charge in [0.25, 0.3) is 0 Å². The van der Waals surface area contributed by atoms with Crippen LogP contribution < -0.4 is 0 Å². The first-order valence-corrected chi connectivity index (χ1v) is 12.4. The molecule has 0 bridgehead atoms. The van der Waals surface area contributed by atoms with E-state index in [0.717, 1.165) is 44.1 Å². The second-order valence-corrected chi connectivity index (χ2v) is 9.61. The molecule has 0 aliphatic rings. The standard InChI is InChI=1S/C33H18N2O2/c1-2-9-21-18-27-24(17-20(21)8-1)30-22-10-4-3-7-19(22)13-15-26(30)35(27)33-34-25-14-16-29-31(32(25)37-33)23-11-5-6-12-28(23)36-29/h1-18H. The Bertz CT molecular complexity index is 2370. The molecule has 0 amide bonds. The summed E-state index contributed by atoms with van der Waals surface area (Å²) in [7, 11) is 0. The fourth-order valence-corrected chi connectivity index (χ4v) is 5.96. The first-order chi connectivity index (χ1) is 18.3. The first kappa shape index (κ1) is 19.1. The fourth-order valence-electron chi connectivity index (χ4n) is 5.96. The van der Waals surface area contributed by atoms with Crippen LogP contribution in [0, 0.1) is 0 Å². The molecule has 0 radical (unpaired) electrons. The van der Waals surface area contributed by atoms with Crippen LogP contribution in [0.2, 0.25) is 0 Å². The van der Waals surface area contributed by atoms with Crippen molar-refractivity contribution in [3.05, 3.63) is 109 Å². The Morgan fingerprint density at radius 2 is 1.27 bits per heavy atom. The van der Waals surface area contributed by atoms with E-state index in [-0.39, 0.29) is 0 Å². The molecular weight excluding hydrogens is 456 g/mol. The van der Waals surface area contributed by atoms with Crippen molar-refractivity contribution in [3.63, 3.8) is 0 Å². The Hall–Kier alpha value is -5.09. The van der Waals surface area contributed by atoms with Crippen molar-refractivity contribution in [2.24, 2.45) is 0 Å². The third-order valence-corrected chi connectivity index (χ3v) is 7.60. The van der Waals surface area contributed by atoms with Crippen molar-refractivity contribution in [2.75, 3.05) is 0 Å². The van der Waals surface area contributed by atoms with Crippen molar-refractivity contribution >= 4 is 76.4 Å². The highest BCUT2D eigenvalue weighted by Crippen LogP contribution is 2.40. The van der Waals surface area contributed by atoms with Crippen molar-refractivity contribution in [1.29, 1.82) is 0 Å². The van der Waals surface area contributed by atoms with Gasteiger partial charge in [-0.1, -0.05) is 72.8 Å². The van der Waals surface area contributed by atoms with E-state index in [9.17, 15) is 0 Å². The molecule has 172 valence electrons. The van der Waals surface area contributed by atoms with Gasteiger partial charge >= 0.3 is 6.01 Å². The van der Waals surface area contributed by atoms with Gasteiger partial charge in [0.2, 0.25) is 0 Å². The van der Waals surface area contributed by atoms with Gasteiger partial charge in [0.15, 0.2) is 5.58 Å². The summed E-state index contributed by atoms with van der Waals surface area (Å²) in [4.78, 5) is 5.01. The Morgan fingerprint density at radius 1 is 0.514 bits per heavy atom. The second kappa shape index (κ2) is 6.77. The van der Waals surface area contributed by atoms with E-state index in [1.807, 2.05) is 30.3 Å². The molecule has 0 N–H and O–H groups in total. The first-order valence-electron chi connectivity index (χ1n) is 12.4. The van der Waals surface area contributed by atoms with Gasteiger partial charge in [-0.3, -0.25) is 4.57 Å². The molecule has 0 unspecified atom stereocenters. The van der Waals surface area contributed by atoms with Crippen LogP contribution in [0.5, 0.6) is 0 Å². The predicted octanol–water partition coefficient (Wildman–Crippen LogP) is 9.13. The third-order valence-electron chi connectivity index (χ3n) is 7.60. The quantitative estimate of drug-likeness (QED) is 0.238. The van der Waals surface area contributed by atoms with Crippen molar-refractivity contribution in [2.45, 2.75) is 0 Å². The molecule has 0 aliphatic carbocycles. The summed E-state index contributed by atoms with van der Waals surface area (Å²) in [6.45, 7) is 0. The minimum absolute atomic E-state index is 0.554. The van der Waals surface area contributed by atoms with Crippen LogP contribution in [0.1, 0.15) is 0 Å². The molecule has 0 atom stereocenters. The van der Waals surface area contributed by atoms with Gasteiger partial charge in [-0.05, 0) is 57.9 Å². The van der Waals surface area contributed by atoms with Crippen molar-refractivity contribution < 1.29 is 8.83 Å². The maximum atomic E-state index is 6.62. The van der Waals surface area contributed by atoms with Crippen molar-refractivity contribution in [1.82, 2.24) is 9.55 Å². The van der Waals surface area contributed by atoms with Gasteiger partial charge in [-0.15, -0.1) is 0 Å². The van der Waals surface area contributed by atoms with E-state index in [2.05, 4.69) is 83.4 Å². The molecule has 4 nitrogen and oxygen atoms in total. The monoisotopic (exact) mass is 474 g/mol. The van der Waals surface area contributed by atoms with Gasteiger partial charge < -0.3 is 8.83 Å². The van der Waals surface area contributed by atoms with Gasteiger partial charge in [-0.2, -0.15) is 4.98 Å². The summed E-state index contributed by atoms with van der Waals surface area (Å²) in [6, 6.07) is 38.5. The number of benzene rings is 6. The van der Waals surface area contributed by atoms with E-state index >= 15 is 0 Å². The molecule has 4 heteroatoms. The number of rotatable bonds is 1. The molecule has 0 aliphatic heterocycles. The zero-order valence-corrected chi connectivity index (χ0v) is 19.6. The Labute approximate surface area is 209 Å². The van der Waals surface area contributed by atoms with E-state index in [4.69, 9.17) is 13.8 Å². The topological polar surface area (TPSA) is 44.1 Å². The van der Waals surface area contributed by atoms with Gasteiger partial charge in [0.1, 0.15) is 16.7 Å². The lowest BCUT2D eigenvalue weighted by Gasteiger charge is -2.03. The number of para-hydroxylation sites is 1. The maximum absolute atomic E-state index is 6.62. The van der Waals surface area contributed by atoms with Crippen LogP contribution in [0.4, 0.5) is 0 Å². The molecular formula is C33H18N2O2. The Kier molecular flexibility index (Phi) is 3.50. The Morgan fingerprint density at radius 3 is 2.16 bits per heavy atom. The summed E-state index contributed by atoms with van der Waals surface area (Å²) in [5.74, 6) is 0. The summed E-state index contributed by atoms with van der Waals surface area (Å²) < 4.78 is 14.9. The minimum Gasteiger partial charge on any atom is -0.456 e. The Balaban J connectivity index is 1.46. The highest BCUT2D eigenvalue weighted by molar-refractivity contribution is 6.23. The number of oxazole rings is 1. The highest BCUT2D eigenvalue weighted by Gasteiger charge is 2.21. The highest BCUT2D eigenvalue weighted by atomic mass is 16.4. The summed E-state index contributed by atoms with van der Waals surface area (Å²) in [5.41, 5.74) is 5.35. The third kappa shape index (κ3) is 2.49. The number of fused-ring (bicyclic) bond motifs is 11. The molecule has 9 rings (SSSR count). The normalized spacial score (nSPS) is 12.3. The number of furan rings is 1. The lowest BCUT2D eigenvalue weighted by molar-refractivity contribution is 0.577. The van der Waals surface area contributed by atoms with E-state index < -0.39 is 0 Å². The van der Waals surface area contributed by atoms with E-state index in [0.29, 0.717) is 6.01 Å². The van der Waals surface area contributed by atoms with Gasteiger partial charge in [0.05, 0.1) is 16.4 Å². The number of hydrogen-bond donors (Lipinski definition) is 0. The molecule has 0 saturated carbocycles. The molecule has 3 heterocycles. The summed E-state index contributed by atoms with van der Waals surface area (Å²) >= 11 is 0. The van der Waals surface area contributed by atoms with Gasteiger partial charge in [-0.25, -0.2) is 0 Å².